The maximum Gasteiger partial charge on any atom is 0.416 e. The molecule has 0 aliphatic carbocycles. The predicted molar refractivity (Wildman–Crippen MR) is 97.4 cm³/mol. The minimum atomic E-state index is -4.41. The maximum absolute atomic E-state index is 12.7. The van der Waals surface area contributed by atoms with Crippen LogP contribution in [0.2, 0.25) is 0 Å². The zero-order valence-electron chi connectivity index (χ0n) is 15.2. The van der Waals surface area contributed by atoms with Crippen LogP contribution in [0.25, 0.3) is 0 Å². The molecule has 2 N–H and O–H groups in total. The highest BCUT2D eigenvalue weighted by atomic mass is 19.4. The molecule has 8 heteroatoms. The van der Waals surface area contributed by atoms with Gasteiger partial charge in [-0.1, -0.05) is 42.0 Å². The van der Waals surface area contributed by atoms with Crippen LogP contribution in [0.1, 0.15) is 33.9 Å². The Kier molecular flexibility index (Phi) is 5.77. The summed E-state index contributed by atoms with van der Waals surface area (Å²) in [6.45, 7) is 2.01. The third kappa shape index (κ3) is 5.42. The van der Waals surface area contributed by atoms with Gasteiger partial charge in [-0.3, -0.25) is 9.89 Å². The number of carbonyl (C=O) groups excluding carboxylic acids is 1. The summed E-state index contributed by atoms with van der Waals surface area (Å²) in [6, 6.07) is 12.9. The third-order valence-electron chi connectivity index (χ3n) is 4.09. The molecule has 3 aromatic rings. The molecule has 28 heavy (non-hydrogen) atoms. The highest BCUT2D eigenvalue weighted by molar-refractivity contribution is 5.77. The quantitative estimate of drug-likeness (QED) is 0.678. The number of rotatable bonds is 6. The fourth-order valence-corrected chi connectivity index (χ4v) is 2.77. The van der Waals surface area contributed by atoms with Crippen molar-refractivity contribution in [2.75, 3.05) is 0 Å². The number of amides is 1. The van der Waals surface area contributed by atoms with Crippen molar-refractivity contribution in [3.05, 3.63) is 82.4 Å². The Hall–Kier alpha value is -3.16. The number of alkyl halides is 3. The zero-order chi connectivity index (χ0) is 20.1. The maximum atomic E-state index is 12.7. The van der Waals surface area contributed by atoms with E-state index in [4.69, 9.17) is 0 Å². The van der Waals surface area contributed by atoms with Gasteiger partial charge in [0.2, 0.25) is 5.91 Å². The van der Waals surface area contributed by atoms with Gasteiger partial charge in [-0.15, -0.1) is 0 Å². The van der Waals surface area contributed by atoms with E-state index in [1.165, 1.54) is 12.1 Å². The minimum absolute atomic E-state index is 0.00330. The van der Waals surface area contributed by atoms with Crippen LogP contribution in [-0.4, -0.2) is 21.1 Å². The van der Waals surface area contributed by atoms with E-state index in [2.05, 4.69) is 20.5 Å². The molecule has 0 unspecified atom stereocenters. The van der Waals surface area contributed by atoms with Crippen molar-refractivity contribution >= 4 is 5.91 Å². The molecule has 0 fully saturated rings. The van der Waals surface area contributed by atoms with Gasteiger partial charge < -0.3 is 5.32 Å². The van der Waals surface area contributed by atoms with E-state index in [9.17, 15) is 18.0 Å². The fraction of sp³-hybridized carbons (Fsp3) is 0.250. The van der Waals surface area contributed by atoms with Crippen molar-refractivity contribution in [3.63, 3.8) is 0 Å². The van der Waals surface area contributed by atoms with Crippen LogP contribution in [0.15, 0.2) is 48.5 Å². The monoisotopic (exact) mass is 388 g/mol. The van der Waals surface area contributed by atoms with Crippen LogP contribution in [0.4, 0.5) is 13.2 Å². The summed E-state index contributed by atoms with van der Waals surface area (Å²) >= 11 is 0. The Labute approximate surface area is 160 Å². The lowest BCUT2D eigenvalue weighted by atomic mass is 10.1. The number of aryl methyl sites for hydroxylation is 1. The first kappa shape index (κ1) is 19.6. The lowest BCUT2D eigenvalue weighted by Crippen LogP contribution is -2.25. The fourth-order valence-electron chi connectivity index (χ4n) is 2.77. The number of nitrogens with one attached hydrogen (secondary N) is 2. The summed E-state index contributed by atoms with van der Waals surface area (Å²) in [6.07, 6.45) is -3.89. The predicted octanol–water partition coefficient (Wildman–Crippen LogP) is 3.58. The number of carbonyl (C=O) groups is 1. The summed E-state index contributed by atoms with van der Waals surface area (Å²) in [5.74, 6) is 0.619. The van der Waals surface area contributed by atoms with E-state index >= 15 is 0 Å². The van der Waals surface area contributed by atoms with E-state index in [0.717, 1.165) is 23.3 Å². The topological polar surface area (TPSA) is 70.7 Å². The number of halogens is 3. The largest absolute Gasteiger partial charge is 0.416 e. The van der Waals surface area contributed by atoms with Gasteiger partial charge in [-0.25, -0.2) is 4.98 Å². The molecule has 5 nitrogen and oxygen atoms in total. The SMILES string of the molecule is Cc1cccc(Cc2nc(CC(=O)NCc3cccc(C(F)(F)F)c3)n[nH]2)c1. The molecular weight excluding hydrogens is 369 g/mol. The first-order valence-corrected chi connectivity index (χ1v) is 8.68. The van der Waals surface area contributed by atoms with Crippen LogP contribution < -0.4 is 5.32 Å². The Morgan fingerprint density at radius 2 is 1.86 bits per heavy atom. The van der Waals surface area contributed by atoms with E-state index in [1.54, 1.807) is 0 Å². The normalized spacial score (nSPS) is 11.4. The van der Waals surface area contributed by atoms with Crippen molar-refractivity contribution in [2.24, 2.45) is 0 Å². The second-order valence-electron chi connectivity index (χ2n) is 6.52. The summed E-state index contributed by atoms with van der Waals surface area (Å²) in [4.78, 5) is 16.4. The molecule has 146 valence electrons. The van der Waals surface area contributed by atoms with Gasteiger partial charge >= 0.3 is 6.18 Å². The van der Waals surface area contributed by atoms with Crippen LogP contribution in [0.3, 0.4) is 0 Å². The lowest BCUT2D eigenvalue weighted by Gasteiger charge is -2.09. The van der Waals surface area contributed by atoms with Crippen molar-refractivity contribution < 1.29 is 18.0 Å². The molecule has 1 aromatic heterocycles. The van der Waals surface area contributed by atoms with Crippen LogP contribution in [0.5, 0.6) is 0 Å². The number of benzene rings is 2. The molecule has 0 aliphatic rings. The second kappa shape index (κ2) is 8.24. The highest BCUT2D eigenvalue weighted by Crippen LogP contribution is 2.29. The van der Waals surface area contributed by atoms with Crippen LogP contribution >= 0.6 is 0 Å². The summed E-state index contributed by atoms with van der Waals surface area (Å²) in [5, 5.41) is 9.43. The molecule has 3 rings (SSSR count). The lowest BCUT2D eigenvalue weighted by molar-refractivity contribution is -0.137. The molecular formula is C20H19F3N4O. The molecule has 0 bridgehead atoms. The summed E-state index contributed by atoms with van der Waals surface area (Å²) in [5.41, 5.74) is 1.86. The molecule has 1 amide bonds. The van der Waals surface area contributed by atoms with Gasteiger partial charge in [-0.05, 0) is 30.2 Å². The Morgan fingerprint density at radius 1 is 1.11 bits per heavy atom. The van der Waals surface area contributed by atoms with Crippen LogP contribution in [-0.2, 0) is 30.4 Å². The molecule has 0 saturated heterocycles. The van der Waals surface area contributed by atoms with Crippen molar-refractivity contribution in [1.82, 2.24) is 20.5 Å². The summed E-state index contributed by atoms with van der Waals surface area (Å²) in [7, 11) is 0. The standard InChI is InChI=1S/C20H19F3N4O/c1-13-4-2-5-14(8-13)10-17-25-18(27-26-17)11-19(28)24-12-15-6-3-7-16(9-15)20(21,22)23/h2-9H,10-12H2,1H3,(H,24,28)(H,25,26,27). The van der Waals surface area contributed by atoms with Gasteiger partial charge in [-0.2, -0.15) is 18.3 Å². The number of nitrogens with zero attached hydrogens (tertiary/aromatic N) is 2. The van der Waals surface area contributed by atoms with Crippen molar-refractivity contribution in [1.29, 1.82) is 0 Å². The molecule has 1 heterocycles. The number of hydrogen-bond donors (Lipinski definition) is 2. The average molecular weight is 388 g/mol. The third-order valence-corrected chi connectivity index (χ3v) is 4.09. The number of H-pyrrole nitrogens is 1. The smallest absolute Gasteiger partial charge is 0.352 e. The number of aromatic nitrogens is 3. The Morgan fingerprint density at radius 3 is 2.61 bits per heavy atom. The molecule has 0 atom stereocenters. The molecule has 2 aromatic carbocycles. The zero-order valence-corrected chi connectivity index (χ0v) is 15.2. The van der Waals surface area contributed by atoms with E-state index in [-0.39, 0.29) is 18.9 Å². The van der Waals surface area contributed by atoms with Gasteiger partial charge in [0.05, 0.1) is 12.0 Å². The Bertz CT molecular complexity index is 966. The molecule has 0 aliphatic heterocycles. The van der Waals surface area contributed by atoms with Gasteiger partial charge in [0.25, 0.3) is 0 Å². The van der Waals surface area contributed by atoms with Gasteiger partial charge in [0.15, 0.2) is 5.82 Å². The van der Waals surface area contributed by atoms with Crippen molar-refractivity contribution in [2.45, 2.75) is 32.5 Å². The van der Waals surface area contributed by atoms with Gasteiger partial charge in [0.1, 0.15) is 5.82 Å². The van der Waals surface area contributed by atoms with Crippen LogP contribution in [0, 0.1) is 6.92 Å². The average Bonchev–Trinajstić information content (AvgIpc) is 3.06. The van der Waals surface area contributed by atoms with Gasteiger partial charge in [0, 0.05) is 13.0 Å². The van der Waals surface area contributed by atoms with E-state index in [1.807, 2.05) is 31.2 Å². The van der Waals surface area contributed by atoms with Crippen molar-refractivity contribution in [3.8, 4) is 0 Å². The summed E-state index contributed by atoms with van der Waals surface area (Å²) < 4.78 is 38.2. The first-order chi connectivity index (χ1) is 13.3. The highest BCUT2D eigenvalue weighted by Gasteiger charge is 2.30. The van der Waals surface area contributed by atoms with E-state index in [0.29, 0.717) is 23.6 Å². The molecule has 0 radical (unpaired) electrons. The Balaban J connectivity index is 1.54. The number of hydrogen-bond acceptors (Lipinski definition) is 3. The minimum Gasteiger partial charge on any atom is -0.352 e. The molecule has 0 spiro atoms. The first-order valence-electron chi connectivity index (χ1n) is 8.68. The number of aromatic amines is 1. The second-order valence-corrected chi connectivity index (χ2v) is 6.52. The molecule has 0 saturated carbocycles. The van der Waals surface area contributed by atoms with E-state index < -0.39 is 11.7 Å².